The summed E-state index contributed by atoms with van der Waals surface area (Å²) < 4.78 is 5.21. The molecule has 0 saturated carbocycles. The van der Waals surface area contributed by atoms with E-state index in [4.69, 9.17) is 4.74 Å². The second kappa shape index (κ2) is 5.37. The van der Waals surface area contributed by atoms with Crippen molar-refractivity contribution in [2.24, 2.45) is 0 Å². The van der Waals surface area contributed by atoms with Crippen molar-refractivity contribution in [1.82, 2.24) is 4.90 Å². The average Bonchev–Trinajstić information content (AvgIpc) is 2.33. The van der Waals surface area contributed by atoms with Crippen LogP contribution in [0, 0.1) is 0 Å². The fraction of sp³-hybridized carbons (Fsp3) is 0.417. The lowest BCUT2D eigenvalue weighted by molar-refractivity contribution is -0.134. The molecule has 2 rings (SSSR count). The lowest BCUT2D eigenvalue weighted by Crippen LogP contribution is -2.41. The summed E-state index contributed by atoms with van der Waals surface area (Å²) in [5.41, 5.74) is 1.04. The fourth-order valence-electron chi connectivity index (χ4n) is 1.71. The number of hydrogen-bond acceptors (Lipinski definition) is 3. The maximum absolute atomic E-state index is 11.9. The summed E-state index contributed by atoms with van der Waals surface area (Å²) in [5, 5.41) is 0. The summed E-state index contributed by atoms with van der Waals surface area (Å²) in [6.45, 7) is 2.73. The lowest BCUT2D eigenvalue weighted by Gasteiger charge is -2.26. The molecule has 1 aliphatic rings. The monoisotopic (exact) mass is 237 g/mol. The van der Waals surface area contributed by atoms with Crippen LogP contribution in [-0.4, -0.2) is 37.1 Å². The van der Waals surface area contributed by atoms with E-state index in [1.165, 1.54) is 0 Å². The number of benzene rings is 1. The Morgan fingerprint density at radius 1 is 1.25 bits per heavy atom. The highest BCUT2D eigenvalue weighted by Crippen LogP contribution is 2.10. The number of ether oxygens (including phenoxy) is 1. The fourth-order valence-corrected chi connectivity index (χ4v) is 1.86. The van der Waals surface area contributed by atoms with Gasteiger partial charge in [-0.1, -0.05) is 12.1 Å². The number of carbonyl (C=O) groups excluding carboxylic acids is 1. The van der Waals surface area contributed by atoms with E-state index >= 15 is 0 Å². The van der Waals surface area contributed by atoms with Crippen LogP contribution < -0.4 is 0 Å². The molecule has 1 heterocycles. The van der Waals surface area contributed by atoms with Crippen LogP contribution >= 0.6 is 12.6 Å². The van der Waals surface area contributed by atoms with E-state index in [9.17, 15) is 4.79 Å². The normalized spacial score (nSPS) is 16.2. The first-order valence-corrected chi connectivity index (χ1v) is 5.84. The highest BCUT2D eigenvalue weighted by Gasteiger charge is 2.16. The number of carbonyl (C=O) groups is 1. The predicted molar refractivity (Wildman–Crippen MR) is 64.8 cm³/mol. The zero-order valence-electron chi connectivity index (χ0n) is 9.06. The van der Waals surface area contributed by atoms with Gasteiger partial charge in [0.1, 0.15) is 0 Å². The summed E-state index contributed by atoms with van der Waals surface area (Å²) in [5.74, 6) is 0.176. The Bertz CT molecular complexity index is 358. The Morgan fingerprint density at radius 3 is 2.50 bits per heavy atom. The number of amides is 1. The van der Waals surface area contributed by atoms with Crippen LogP contribution in [0.3, 0.4) is 0 Å². The van der Waals surface area contributed by atoms with Crippen molar-refractivity contribution in [2.45, 2.75) is 11.3 Å². The summed E-state index contributed by atoms with van der Waals surface area (Å²) in [7, 11) is 0. The van der Waals surface area contributed by atoms with Gasteiger partial charge < -0.3 is 9.64 Å². The van der Waals surface area contributed by atoms with Gasteiger partial charge in [-0.05, 0) is 17.7 Å². The van der Waals surface area contributed by atoms with Gasteiger partial charge in [-0.15, -0.1) is 12.6 Å². The molecular weight excluding hydrogens is 222 g/mol. The first-order chi connectivity index (χ1) is 7.75. The van der Waals surface area contributed by atoms with Crippen molar-refractivity contribution in [1.29, 1.82) is 0 Å². The molecule has 4 heteroatoms. The van der Waals surface area contributed by atoms with Gasteiger partial charge in [-0.3, -0.25) is 4.79 Å². The molecule has 0 aliphatic carbocycles. The zero-order chi connectivity index (χ0) is 11.4. The smallest absolute Gasteiger partial charge is 0.227 e. The molecule has 1 fully saturated rings. The van der Waals surface area contributed by atoms with Gasteiger partial charge in [0.25, 0.3) is 0 Å². The highest BCUT2D eigenvalue weighted by molar-refractivity contribution is 7.80. The number of thiol groups is 1. The van der Waals surface area contributed by atoms with Crippen LogP contribution in [0.4, 0.5) is 0 Å². The van der Waals surface area contributed by atoms with Crippen LogP contribution in [0.5, 0.6) is 0 Å². The molecule has 0 radical (unpaired) electrons. The molecule has 0 aromatic heterocycles. The molecule has 3 nitrogen and oxygen atoms in total. The second-order valence-electron chi connectivity index (χ2n) is 3.84. The van der Waals surface area contributed by atoms with Gasteiger partial charge in [0.05, 0.1) is 19.6 Å². The molecule has 1 saturated heterocycles. The van der Waals surface area contributed by atoms with Crippen LogP contribution in [-0.2, 0) is 16.0 Å². The van der Waals surface area contributed by atoms with E-state index in [1.54, 1.807) is 0 Å². The Balaban J connectivity index is 1.93. The van der Waals surface area contributed by atoms with Gasteiger partial charge in [0.15, 0.2) is 0 Å². The van der Waals surface area contributed by atoms with Crippen molar-refractivity contribution in [3.63, 3.8) is 0 Å². The summed E-state index contributed by atoms with van der Waals surface area (Å²) in [4.78, 5) is 14.7. The zero-order valence-corrected chi connectivity index (χ0v) is 9.95. The van der Waals surface area contributed by atoms with E-state index in [2.05, 4.69) is 12.6 Å². The molecule has 0 bridgehead atoms. The van der Waals surface area contributed by atoms with Gasteiger partial charge >= 0.3 is 0 Å². The maximum Gasteiger partial charge on any atom is 0.227 e. The SMILES string of the molecule is O=C(Cc1ccc(S)cc1)N1CCOCC1. The molecule has 1 amide bonds. The number of morpholine rings is 1. The summed E-state index contributed by atoms with van der Waals surface area (Å²) >= 11 is 4.21. The Morgan fingerprint density at radius 2 is 1.88 bits per heavy atom. The molecule has 0 spiro atoms. The minimum absolute atomic E-state index is 0.176. The van der Waals surface area contributed by atoms with Crippen molar-refractivity contribution < 1.29 is 9.53 Å². The maximum atomic E-state index is 11.9. The summed E-state index contributed by atoms with van der Waals surface area (Å²) in [6.07, 6.45) is 0.466. The molecular formula is C12H15NO2S. The molecule has 1 aromatic rings. The summed E-state index contributed by atoms with van der Waals surface area (Å²) in [6, 6.07) is 7.71. The lowest BCUT2D eigenvalue weighted by atomic mass is 10.1. The first kappa shape index (κ1) is 11.5. The molecule has 0 N–H and O–H groups in total. The predicted octanol–water partition coefficient (Wildman–Crippen LogP) is 1.38. The van der Waals surface area contributed by atoms with E-state index < -0.39 is 0 Å². The largest absolute Gasteiger partial charge is 0.378 e. The second-order valence-corrected chi connectivity index (χ2v) is 4.35. The van der Waals surface area contributed by atoms with Crippen molar-refractivity contribution in [3.8, 4) is 0 Å². The Hall–Kier alpha value is -1.00. The van der Waals surface area contributed by atoms with Gasteiger partial charge in [-0.2, -0.15) is 0 Å². The van der Waals surface area contributed by atoms with Crippen LogP contribution in [0.25, 0.3) is 0 Å². The first-order valence-electron chi connectivity index (χ1n) is 5.39. The highest BCUT2D eigenvalue weighted by atomic mass is 32.1. The Kier molecular flexibility index (Phi) is 3.85. The van der Waals surface area contributed by atoms with Crippen LogP contribution in [0.2, 0.25) is 0 Å². The molecule has 0 unspecified atom stereocenters. The third-order valence-electron chi connectivity index (χ3n) is 2.66. The third-order valence-corrected chi connectivity index (χ3v) is 2.95. The van der Waals surface area contributed by atoms with E-state index in [1.807, 2.05) is 29.2 Å². The number of rotatable bonds is 2. The number of hydrogen-bond donors (Lipinski definition) is 1. The Labute approximate surface area is 101 Å². The van der Waals surface area contributed by atoms with Crippen molar-refractivity contribution in [2.75, 3.05) is 26.3 Å². The topological polar surface area (TPSA) is 29.5 Å². The van der Waals surface area contributed by atoms with Gasteiger partial charge in [-0.25, -0.2) is 0 Å². The molecule has 16 heavy (non-hydrogen) atoms. The van der Waals surface area contributed by atoms with Crippen molar-refractivity contribution >= 4 is 18.5 Å². The van der Waals surface area contributed by atoms with Crippen molar-refractivity contribution in [3.05, 3.63) is 29.8 Å². The third kappa shape index (κ3) is 3.00. The van der Waals surface area contributed by atoms with Gasteiger partial charge in [0, 0.05) is 18.0 Å². The average molecular weight is 237 g/mol. The molecule has 86 valence electrons. The standard InChI is InChI=1S/C12H15NO2S/c14-12(13-5-7-15-8-6-13)9-10-1-3-11(16)4-2-10/h1-4,16H,5-9H2. The minimum Gasteiger partial charge on any atom is -0.378 e. The minimum atomic E-state index is 0.176. The quantitative estimate of drug-likeness (QED) is 0.787. The van der Waals surface area contributed by atoms with E-state index in [0.29, 0.717) is 32.7 Å². The molecule has 0 atom stereocenters. The van der Waals surface area contributed by atoms with E-state index in [-0.39, 0.29) is 5.91 Å². The van der Waals surface area contributed by atoms with Crippen LogP contribution in [0.15, 0.2) is 29.2 Å². The molecule has 1 aliphatic heterocycles. The van der Waals surface area contributed by atoms with Crippen LogP contribution in [0.1, 0.15) is 5.56 Å². The number of nitrogens with zero attached hydrogens (tertiary/aromatic N) is 1. The molecule has 1 aromatic carbocycles. The van der Waals surface area contributed by atoms with E-state index in [0.717, 1.165) is 10.5 Å². The van der Waals surface area contributed by atoms with Gasteiger partial charge in [0.2, 0.25) is 5.91 Å².